The highest BCUT2D eigenvalue weighted by molar-refractivity contribution is 7.81. The first kappa shape index (κ1) is 18.8. The van der Waals surface area contributed by atoms with Crippen LogP contribution in [0.5, 0.6) is 0 Å². The molecule has 1 heterocycles. The third-order valence-corrected chi connectivity index (χ3v) is 4.49. The Morgan fingerprint density at radius 2 is 1.76 bits per heavy atom. The van der Waals surface area contributed by atoms with Crippen molar-refractivity contribution in [1.82, 2.24) is 0 Å². The predicted molar refractivity (Wildman–Crippen MR) is 79.0 cm³/mol. The van der Waals surface area contributed by atoms with Gasteiger partial charge in [0, 0.05) is 5.92 Å². The molecule has 0 spiro atoms. The molecule has 0 aromatic rings. The van der Waals surface area contributed by atoms with Gasteiger partial charge in [0.2, 0.25) is 0 Å². The van der Waals surface area contributed by atoms with Gasteiger partial charge in [0.1, 0.15) is 6.10 Å². The van der Waals surface area contributed by atoms with Crippen LogP contribution in [-0.2, 0) is 28.2 Å². The van der Waals surface area contributed by atoms with E-state index < -0.39 is 16.5 Å². The van der Waals surface area contributed by atoms with Crippen molar-refractivity contribution >= 4 is 10.4 Å². The molecule has 0 N–H and O–H groups in total. The second-order valence-corrected chi connectivity index (χ2v) is 6.72. The summed E-state index contributed by atoms with van der Waals surface area (Å²) in [6, 6.07) is 0. The van der Waals surface area contributed by atoms with Crippen LogP contribution in [0.2, 0.25) is 0 Å². The molecule has 0 saturated carbocycles. The number of rotatable bonds is 10. The molecule has 6 nitrogen and oxygen atoms in total. The van der Waals surface area contributed by atoms with E-state index in [9.17, 15) is 8.42 Å². The van der Waals surface area contributed by atoms with E-state index in [1.54, 1.807) is 0 Å². The highest BCUT2D eigenvalue weighted by Gasteiger charge is 2.31. The van der Waals surface area contributed by atoms with Crippen molar-refractivity contribution < 1.29 is 26.3 Å². The SMILES string of the molecule is CCCCCC(CCC)C1OCC(OS(=O)(=O)OC)CO1. The van der Waals surface area contributed by atoms with E-state index in [-0.39, 0.29) is 19.5 Å². The van der Waals surface area contributed by atoms with Crippen molar-refractivity contribution in [2.75, 3.05) is 20.3 Å². The van der Waals surface area contributed by atoms with E-state index in [4.69, 9.17) is 13.7 Å². The van der Waals surface area contributed by atoms with Crippen LogP contribution >= 0.6 is 0 Å². The van der Waals surface area contributed by atoms with E-state index in [1.165, 1.54) is 19.3 Å². The zero-order valence-corrected chi connectivity index (χ0v) is 14.1. The Labute approximate surface area is 128 Å². The maximum atomic E-state index is 11.2. The molecule has 0 aromatic carbocycles. The summed E-state index contributed by atoms with van der Waals surface area (Å²) in [5.74, 6) is 0.363. The van der Waals surface area contributed by atoms with Crippen molar-refractivity contribution in [2.24, 2.45) is 5.92 Å². The van der Waals surface area contributed by atoms with Crippen molar-refractivity contribution in [3.05, 3.63) is 0 Å². The Kier molecular flexibility index (Phi) is 8.73. The molecule has 1 rings (SSSR count). The van der Waals surface area contributed by atoms with Gasteiger partial charge in [-0.15, -0.1) is 0 Å². The van der Waals surface area contributed by atoms with Gasteiger partial charge in [-0.1, -0.05) is 39.5 Å². The molecule has 0 aliphatic carbocycles. The summed E-state index contributed by atoms with van der Waals surface area (Å²) in [5, 5.41) is 0. The second kappa shape index (κ2) is 9.74. The Balaban J connectivity index is 2.41. The van der Waals surface area contributed by atoms with Gasteiger partial charge in [0.25, 0.3) is 0 Å². The lowest BCUT2D eigenvalue weighted by molar-refractivity contribution is -0.235. The summed E-state index contributed by atoms with van der Waals surface area (Å²) in [5.41, 5.74) is 0. The summed E-state index contributed by atoms with van der Waals surface area (Å²) in [4.78, 5) is 0. The first-order valence-electron chi connectivity index (χ1n) is 7.74. The molecule has 1 unspecified atom stereocenters. The van der Waals surface area contributed by atoms with Gasteiger partial charge in [-0.05, 0) is 12.8 Å². The molecule has 1 fully saturated rings. The lowest BCUT2D eigenvalue weighted by Crippen LogP contribution is -2.42. The van der Waals surface area contributed by atoms with Crippen LogP contribution in [0.4, 0.5) is 0 Å². The molecule has 0 amide bonds. The number of unbranched alkanes of at least 4 members (excludes halogenated alkanes) is 2. The molecule has 0 radical (unpaired) electrons. The van der Waals surface area contributed by atoms with Crippen LogP contribution in [0.3, 0.4) is 0 Å². The van der Waals surface area contributed by atoms with Gasteiger partial charge in [-0.3, -0.25) is 4.18 Å². The van der Waals surface area contributed by atoms with E-state index in [2.05, 4.69) is 18.0 Å². The number of hydrogen-bond donors (Lipinski definition) is 0. The van der Waals surface area contributed by atoms with Gasteiger partial charge in [-0.2, -0.15) is 8.42 Å². The van der Waals surface area contributed by atoms with Crippen LogP contribution in [0.25, 0.3) is 0 Å². The first-order valence-corrected chi connectivity index (χ1v) is 9.07. The average Bonchev–Trinajstić information content (AvgIpc) is 2.47. The zero-order chi connectivity index (χ0) is 15.7. The van der Waals surface area contributed by atoms with Crippen LogP contribution in [0.1, 0.15) is 52.4 Å². The maximum absolute atomic E-state index is 11.2. The van der Waals surface area contributed by atoms with Gasteiger partial charge in [0.05, 0.1) is 20.3 Å². The molecular formula is C14H28O6S. The third kappa shape index (κ3) is 7.06. The van der Waals surface area contributed by atoms with Crippen molar-refractivity contribution in [1.29, 1.82) is 0 Å². The Bertz CT molecular complexity index is 362. The van der Waals surface area contributed by atoms with Crippen molar-refractivity contribution in [2.45, 2.75) is 64.8 Å². The summed E-state index contributed by atoms with van der Waals surface area (Å²) >= 11 is 0. The minimum absolute atomic E-state index is 0.210. The van der Waals surface area contributed by atoms with Gasteiger partial charge < -0.3 is 9.47 Å². The van der Waals surface area contributed by atoms with Crippen molar-refractivity contribution in [3.63, 3.8) is 0 Å². The first-order chi connectivity index (χ1) is 10.0. The largest absolute Gasteiger partial charge is 0.400 e. The lowest BCUT2D eigenvalue weighted by Gasteiger charge is -2.33. The van der Waals surface area contributed by atoms with E-state index >= 15 is 0 Å². The standard InChI is InChI=1S/C14H28O6S/c1-4-6-7-9-12(8-5-2)14-18-10-13(11-19-14)20-21(15,16)17-3/h12-14H,4-11H2,1-3H3. The number of ether oxygens (including phenoxy) is 2. The van der Waals surface area contributed by atoms with Crippen LogP contribution in [0.15, 0.2) is 0 Å². The third-order valence-electron chi connectivity index (χ3n) is 3.57. The lowest BCUT2D eigenvalue weighted by atomic mass is 9.95. The molecule has 7 heteroatoms. The average molecular weight is 324 g/mol. The van der Waals surface area contributed by atoms with Gasteiger partial charge >= 0.3 is 10.4 Å². The van der Waals surface area contributed by atoms with Crippen molar-refractivity contribution in [3.8, 4) is 0 Å². The molecule has 21 heavy (non-hydrogen) atoms. The van der Waals surface area contributed by atoms with Crippen LogP contribution < -0.4 is 0 Å². The molecule has 0 aromatic heterocycles. The fraction of sp³-hybridized carbons (Fsp3) is 1.00. The van der Waals surface area contributed by atoms with E-state index in [1.807, 2.05) is 0 Å². The maximum Gasteiger partial charge on any atom is 0.400 e. The molecule has 126 valence electrons. The number of hydrogen-bond acceptors (Lipinski definition) is 6. The monoisotopic (exact) mass is 324 g/mol. The predicted octanol–water partition coefficient (Wildman–Crippen LogP) is 2.63. The van der Waals surface area contributed by atoms with Crippen LogP contribution in [-0.4, -0.2) is 41.1 Å². The molecule has 1 aliphatic heterocycles. The zero-order valence-electron chi connectivity index (χ0n) is 13.2. The summed E-state index contributed by atoms with van der Waals surface area (Å²) in [6.45, 7) is 4.75. The second-order valence-electron chi connectivity index (χ2n) is 5.37. The topological polar surface area (TPSA) is 71.1 Å². The van der Waals surface area contributed by atoms with Gasteiger partial charge in [0.15, 0.2) is 6.29 Å². The summed E-state index contributed by atoms with van der Waals surface area (Å²) in [6.07, 6.45) is 5.89. The molecular weight excluding hydrogens is 296 g/mol. The smallest absolute Gasteiger partial charge is 0.350 e. The molecule has 1 aliphatic rings. The summed E-state index contributed by atoms with van der Waals surface area (Å²) < 4.78 is 42.8. The Morgan fingerprint density at radius 3 is 2.29 bits per heavy atom. The Hall–Kier alpha value is -0.210. The van der Waals surface area contributed by atoms with Gasteiger partial charge in [-0.25, -0.2) is 4.18 Å². The van der Waals surface area contributed by atoms with E-state index in [0.29, 0.717) is 5.92 Å². The fourth-order valence-electron chi connectivity index (χ4n) is 2.48. The van der Waals surface area contributed by atoms with Crippen LogP contribution in [0, 0.1) is 5.92 Å². The fourth-order valence-corrected chi connectivity index (χ4v) is 3.00. The highest BCUT2D eigenvalue weighted by atomic mass is 32.3. The summed E-state index contributed by atoms with van der Waals surface area (Å²) in [7, 11) is -2.88. The quantitative estimate of drug-likeness (QED) is 0.575. The molecule has 1 saturated heterocycles. The van der Waals surface area contributed by atoms with E-state index in [0.717, 1.165) is 26.4 Å². The highest BCUT2D eigenvalue weighted by Crippen LogP contribution is 2.25. The molecule has 1 atom stereocenters. The Morgan fingerprint density at radius 1 is 1.10 bits per heavy atom. The molecule has 0 bridgehead atoms. The normalized spacial score (nSPS) is 24.9. The minimum Gasteiger partial charge on any atom is -0.350 e. The minimum atomic E-state index is -3.94.